The molecule has 7 nitrogen and oxygen atoms in total. The van der Waals surface area contributed by atoms with Crippen molar-refractivity contribution in [3.63, 3.8) is 0 Å². The standard InChI is InChI=1S/C18H27FN2O5S/c1-16(2,3)26-15(22)11-18(7,20-27(25)17(4,5)6)13-10-12(21(23)24)8-9-14(13)19/h8-10,20H,11H2,1-7H3/t18-,27+/m0/s1. The SMILES string of the molecule is CC(C)(C)OC(=O)C[C@](C)(N[S@+]([O-])C(C)(C)C)c1cc([N+](=O)[O-])ccc1F. The van der Waals surface area contributed by atoms with Crippen LogP contribution in [0.5, 0.6) is 0 Å². The van der Waals surface area contributed by atoms with Crippen LogP contribution in [0.3, 0.4) is 0 Å². The van der Waals surface area contributed by atoms with Gasteiger partial charge in [0.05, 0.1) is 16.9 Å². The number of carbonyl (C=O) groups is 1. The van der Waals surface area contributed by atoms with Crippen LogP contribution < -0.4 is 4.72 Å². The van der Waals surface area contributed by atoms with Crippen LogP contribution >= 0.6 is 0 Å². The molecule has 0 aliphatic heterocycles. The van der Waals surface area contributed by atoms with E-state index in [9.17, 15) is 23.9 Å². The van der Waals surface area contributed by atoms with Crippen molar-refractivity contribution >= 4 is 23.0 Å². The lowest BCUT2D eigenvalue weighted by atomic mass is 9.89. The topological polar surface area (TPSA) is 105 Å². The van der Waals surface area contributed by atoms with Gasteiger partial charge in [0.1, 0.15) is 16.2 Å². The first kappa shape index (κ1) is 23.3. The fourth-order valence-electron chi connectivity index (χ4n) is 2.26. The normalized spacial score (nSPS) is 15.7. The van der Waals surface area contributed by atoms with Crippen LogP contribution in [0.15, 0.2) is 18.2 Å². The van der Waals surface area contributed by atoms with E-state index in [2.05, 4.69) is 4.72 Å². The maximum atomic E-state index is 14.5. The van der Waals surface area contributed by atoms with E-state index in [0.717, 1.165) is 18.2 Å². The number of carbonyl (C=O) groups excluding carboxylic acids is 1. The van der Waals surface area contributed by atoms with Gasteiger partial charge >= 0.3 is 5.97 Å². The van der Waals surface area contributed by atoms with Gasteiger partial charge in [-0.2, -0.15) is 0 Å². The van der Waals surface area contributed by atoms with Gasteiger partial charge in [-0.3, -0.25) is 14.9 Å². The van der Waals surface area contributed by atoms with Gasteiger partial charge in [-0.25, -0.2) is 4.39 Å². The van der Waals surface area contributed by atoms with Crippen molar-refractivity contribution in [1.29, 1.82) is 0 Å². The molecule has 0 saturated carbocycles. The summed E-state index contributed by atoms with van der Waals surface area (Å²) in [5.74, 6) is -1.39. The van der Waals surface area contributed by atoms with E-state index in [-0.39, 0.29) is 17.7 Å². The van der Waals surface area contributed by atoms with Gasteiger partial charge in [0.25, 0.3) is 5.69 Å². The number of nitro groups is 1. The van der Waals surface area contributed by atoms with Crippen LogP contribution in [0.4, 0.5) is 10.1 Å². The van der Waals surface area contributed by atoms with E-state index in [0.29, 0.717) is 0 Å². The molecule has 152 valence electrons. The predicted molar refractivity (Wildman–Crippen MR) is 102 cm³/mol. The van der Waals surface area contributed by atoms with Crippen molar-refractivity contribution in [2.24, 2.45) is 0 Å². The van der Waals surface area contributed by atoms with Gasteiger partial charge in [0.15, 0.2) is 0 Å². The van der Waals surface area contributed by atoms with Gasteiger partial charge in [-0.15, -0.1) is 4.72 Å². The molecule has 0 bridgehead atoms. The summed E-state index contributed by atoms with van der Waals surface area (Å²) in [6.07, 6.45) is -0.357. The number of nitrogens with zero attached hydrogens (tertiary/aromatic N) is 1. The first-order valence-electron chi connectivity index (χ1n) is 8.41. The summed E-state index contributed by atoms with van der Waals surface area (Å²) < 4.78 is 34.6. The average molecular weight is 402 g/mol. The lowest BCUT2D eigenvalue weighted by molar-refractivity contribution is -0.385. The number of rotatable bonds is 6. The molecule has 0 aromatic heterocycles. The number of ether oxygens (including phenoxy) is 1. The molecule has 1 N–H and O–H groups in total. The highest BCUT2D eigenvalue weighted by Crippen LogP contribution is 2.33. The van der Waals surface area contributed by atoms with Gasteiger partial charge in [0, 0.05) is 29.1 Å². The van der Waals surface area contributed by atoms with Crippen LogP contribution in [0, 0.1) is 15.9 Å². The zero-order valence-electron chi connectivity index (χ0n) is 16.7. The maximum absolute atomic E-state index is 14.5. The number of halogens is 1. The summed E-state index contributed by atoms with van der Waals surface area (Å²) in [7, 11) is 0. The lowest BCUT2D eigenvalue weighted by Crippen LogP contribution is -2.51. The number of benzene rings is 1. The Balaban J connectivity index is 3.39. The minimum absolute atomic E-state index is 0.125. The third kappa shape index (κ3) is 6.75. The fraction of sp³-hybridized carbons (Fsp3) is 0.611. The second kappa shape index (κ2) is 8.12. The van der Waals surface area contributed by atoms with Crippen molar-refractivity contribution in [1.82, 2.24) is 4.72 Å². The molecule has 0 amide bonds. The van der Waals surface area contributed by atoms with Crippen molar-refractivity contribution in [3.8, 4) is 0 Å². The van der Waals surface area contributed by atoms with Crippen LogP contribution in [-0.4, -0.2) is 25.8 Å². The molecule has 0 aliphatic carbocycles. The zero-order chi connectivity index (χ0) is 21.2. The Morgan fingerprint density at radius 2 is 1.78 bits per heavy atom. The Morgan fingerprint density at radius 3 is 2.22 bits per heavy atom. The Morgan fingerprint density at radius 1 is 1.22 bits per heavy atom. The van der Waals surface area contributed by atoms with Crippen LogP contribution in [0.2, 0.25) is 0 Å². The molecule has 0 heterocycles. The van der Waals surface area contributed by atoms with E-state index >= 15 is 0 Å². The molecule has 0 spiro atoms. The summed E-state index contributed by atoms with van der Waals surface area (Å²) in [5, 5.41) is 11.1. The second-order valence-corrected chi connectivity index (χ2v) is 10.5. The van der Waals surface area contributed by atoms with E-state index in [1.54, 1.807) is 41.5 Å². The van der Waals surface area contributed by atoms with Crippen molar-refractivity contribution in [2.75, 3.05) is 0 Å². The Bertz CT molecular complexity index is 715. The monoisotopic (exact) mass is 402 g/mol. The van der Waals surface area contributed by atoms with Crippen LogP contribution in [-0.2, 0) is 26.4 Å². The first-order valence-corrected chi connectivity index (χ1v) is 9.56. The highest BCUT2D eigenvalue weighted by Gasteiger charge is 2.42. The van der Waals surface area contributed by atoms with Gasteiger partial charge in [0.2, 0.25) is 0 Å². The molecule has 0 fully saturated rings. The van der Waals surface area contributed by atoms with Crippen LogP contribution in [0.1, 0.15) is 60.5 Å². The number of non-ortho nitro benzene ring substituents is 1. The molecule has 27 heavy (non-hydrogen) atoms. The number of hydrogen-bond acceptors (Lipinski definition) is 6. The van der Waals surface area contributed by atoms with Gasteiger partial charge in [-0.1, -0.05) is 0 Å². The molecule has 1 aromatic carbocycles. The number of hydrogen-bond donors (Lipinski definition) is 1. The molecule has 2 atom stereocenters. The third-order valence-corrected chi connectivity index (χ3v) is 5.30. The van der Waals surface area contributed by atoms with Crippen molar-refractivity contribution in [2.45, 2.75) is 70.8 Å². The quantitative estimate of drug-likeness (QED) is 0.336. The molecule has 0 aliphatic rings. The molecule has 0 saturated heterocycles. The second-order valence-electron chi connectivity index (χ2n) is 8.50. The summed E-state index contributed by atoms with van der Waals surface area (Å²) in [5.41, 5.74) is -2.69. The average Bonchev–Trinajstić information content (AvgIpc) is 2.43. The summed E-state index contributed by atoms with van der Waals surface area (Å²) in [6.45, 7) is 11.7. The highest BCUT2D eigenvalue weighted by molar-refractivity contribution is 7.90. The van der Waals surface area contributed by atoms with Gasteiger partial charge < -0.3 is 9.29 Å². The smallest absolute Gasteiger partial charge is 0.308 e. The Kier molecular flexibility index (Phi) is 7.01. The molecule has 0 radical (unpaired) electrons. The minimum atomic E-state index is -1.67. The fourth-order valence-corrected chi connectivity index (χ4v) is 3.16. The van der Waals surface area contributed by atoms with Gasteiger partial charge in [-0.05, 0) is 54.5 Å². The Hall–Kier alpha value is -1.71. The first-order chi connectivity index (χ1) is 12.0. The molecular weight excluding hydrogens is 375 g/mol. The number of nitrogens with one attached hydrogen (secondary N) is 1. The molecular formula is C18H27FN2O5S. The van der Waals surface area contributed by atoms with E-state index in [1.165, 1.54) is 6.92 Å². The molecule has 1 aromatic rings. The molecule has 1 rings (SSSR count). The van der Waals surface area contributed by atoms with E-state index < -0.39 is 44.0 Å². The molecule has 9 heteroatoms. The van der Waals surface area contributed by atoms with Crippen molar-refractivity contribution < 1.29 is 23.4 Å². The minimum Gasteiger partial charge on any atom is -0.598 e. The summed E-state index contributed by atoms with van der Waals surface area (Å²) in [6, 6.07) is 3.04. The number of nitro benzene ring substituents is 1. The van der Waals surface area contributed by atoms with Crippen LogP contribution in [0.25, 0.3) is 0 Å². The Labute approximate surface area is 162 Å². The maximum Gasteiger partial charge on any atom is 0.308 e. The van der Waals surface area contributed by atoms with E-state index in [4.69, 9.17) is 4.74 Å². The summed E-state index contributed by atoms with van der Waals surface area (Å²) >= 11 is -1.67. The van der Waals surface area contributed by atoms with Crippen molar-refractivity contribution in [3.05, 3.63) is 39.7 Å². The van der Waals surface area contributed by atoms with E-state index in [1.807, 2.05) is 0 Å². The largest absolute Gasteiger partial charge is 0.598 e. The zero-order valence-corrected chi connectivity index (χ0v) is 17.5. The predicted octanol–water partition coefficient (Wildman–Crippen LogP) is 3.73. The number of esters is 1. The molecule has 0 unspecified atom stereocenters. The lowest BCUT2D eigenvalue weighted by Gasteiger charge is -2.35. The summed E-state index contributed by atoms with van der Waals surface area (Å²) in [4.78, 5) is 22.8. The highest BCUT2D eigenvalue weighted by atomic mass is 32.2. The third-order valence-electron chi connectivity index (χ3n) is 3.55.